The maximum atomic E-state index is 14.2. The molecule has 0 unspecified atom stereocenters. The summed E-state index contributed by atoms with van der Waals surface area (Å²) < 4.78 is 32.8. The zero-order chi connectivity index (χ0) is 19.5. The molecule has 0 N–H and O–H groups in total. The van der Waals surface area contributed by atoms with Gasteiger partial charge >= 0.3 is 0 Å². The number of oxazole rings is 1. The van der Waals surface area contributed by atoms with Crippen LogP contribution in [0.4, 0.5) is 14.5 Å². The molecule has 7 heteroatoms. The lowest BCUT2D eigenvalue weighted by atomic mass is 10.2. The first-order valence-corrected chi connectivity index (χ1v) is 8.99. The highest BCUT2D eigenvalue weighted by atomic mass is 19.1. The van der Waals surface area contributed by atoms with Crippen LogP contribution < -0.4 is 4.90 Å². The molecule has 1 saturated heterocycles. The molecule has 1 aromatic heterocycles. The molecule has 0 aliphatic carbocycles. The number of halogens is 2. The van der Waals surface area contributed by atoms with E-state index in [2.05, 4.69) is 9.88 Å². The van der Waals surface area contributed by atoms with E-state index < -0.39 is 0 Å². The third kappa shape index (κ3) is 3.87. The van der Waals surface area contributed by atoms with Gasteiger partial charge in [-0.05, 0) is 42.5 Å². The van der Waals surface area contributed by atoms with E-state index >= 15 is 0 Å². The summed E-state index contributed by atoms with van der Waals surface area (Å²) in [6, 6.07) is 12.5. The average molecular weight is 380 g/mol. The monoisotopic (exact) mass is 380 g/mol. The first kappa shape index (κ1) is 18.1. The lowest BCUT2D eigenvalue weighted by molar-refractivity contribution is 0.246. The van der Waals surface area contributed by atoms with Gasteiger partial charge < -0.3 is 9.32 Å². The van der Waals surface area contributed by atoms with Gasteiger partial charge in [-0.1, -0.05) is 0 Å². The summed E-state index contributed by atoms with van der Waals surface area (Å²) >= 11 is 0. The van der Waals surface area contributed by atoms with E-state index in [-0.39, 0.29) is 11.6 Å². The summed E-state index contributed by atoms with van der Waals surface area (Å²) in [5.41, 5.74) is 2.38. The van der Waals surface area contributed by atoms with Crippen molar-refractivity contribution < 1.29 is 13.2 Å². The minimum atomic E-state index is -0.368. The number of nitrogens with zero attached hydrogens (tertiary/aromatic N) is 4. The van der Waals surface area contributed by atoms with Gasteiger partial charge in [0.1, 0.15) is 17.9 Å². The summed E-state index contributed by atoms with van der Waals surface area (Å²) in [5.74, 6) is -0.201. The molecule has 4 rings (SSSR count). The van der Waals surface area contributed by atoms with Crippen LogP contribution in [0.15, 0.2) is 53.1 Å². The quantitative estimate of drug-likeness (QED) is 0.689. The fraction of sp³-hybridized carbons (Fsp3) is 0.238. The Morgan fingerprint density at radius 3 is 2.46 bits per heavy atom. The van der Waals surface area contributed by atoms with Crippen LogP contribution in [-0.2, 0) is 6.54 Å². The van der Waals surface area contributed by atoms with E-state index in [1.165, 1.54) is 18.2 Å². The molecule has 5 nitrogen and oxygen atoms in total. The Morgan fingerprint density at radius 2 is 1.79 bits per heavy atom. The maximum Gasteiger partial charge on any atom is 0.226 e. The molecule has 1 aliphatic heterocycles. The van der Waals surface area contributed by atoms with Crippen LogP contribution in [0.25, 0.3) is 11.5 Å². The van der Waals surface area contributed by atoms with Gasteiger partial charge in [0.05, 0.1) is 23.0 Å². The Bertz CT molecular complexity index is 1000. The maximum absolute atomic E-state index is 14.2. The van der Waals surface area contributed by atoms with Crippen molar-refractivity contribution in [2.75, 3.05) is 31.1 Å². The second-order valence-corrected chi connectivity index (χ2v) is 6.69. The van der Waals surface area contributed by atoms with Crippen LogP contribution in [-0.4, -0.2) is 36.1 Å². The molecule has 142 valence electrons. The van der Waals surface area contributed by atoms with Gasteiger partial charge in [-0.25, -0.2) is 13.8 Å². The molecular formula is C21H18F2N4O. The van der Waals surface area contributed by atoms with Crippen molar-refractivity contribution in [3.8, 4) is 17.5 Å². The third-order valence-electron chi connectivity index (χ3n) is 4.82. The largest absolute Gasteiger partial charge is 0.444 e. The Kier molecular flexibility index (Phi) is 5.04. The van der Waals surface area contributed by atoms with Crippen molar-refractivity contribution in [1.82, 2.24) is 9.88 Å². The average Bonchev–Trinajstić information content (AvgIpc) is 3.17. The van der Waals surface area contributed by atoms with Crippen molar-refractivity contribution in [1.29, 1.82) is 5.26 Å². The number of aromatic nitrogens is 1. The van der Waals surface area contributed by atoms with Gasteiger partial charge in [0.15, 0.2) is 0 Å². The first-order chi connectivity index (χ1) is 13.6. The first-order valence-electron chi connectivity index (χ1n) is 8.99. The molecule has 0 amide bonds. The van der Waals surface area contributed by atoms with Gasteiger partial charge in [-0.2, -0.15) is 5.26 Å². The zero-order valence-electron chi connectivity index (χ0n) is 15.1. The predicted octanol–water partition coefficient (Wildman–Crippen LogP) is 3.81. The summed E-state index contributed by atoms with van der Waals surface area (Å²) in [4.78, 5) is 8.69. The normalized spacial score (nSPS) is 14.8. The van der Waals surface area contributed by atoms with Gasteiger partial charge in [-0.3, -0.25) is 4.90 Å². The predicted molar refractivity (Wildman–Crippen MR) is 101 cm³/mol. The molecule has 0 saturated carbocycles. The lowest BCUT2D eigenvalue weighted by Gasteiger charge is -2.35. The number of piperazine rings is 1. The second-order valence-electron chi connectivity index (χ2n) is 6.69. The molecule has 28 heavy (non-hydrogen) atoms. The summed E-state index contributed by atoms with van der Waals surface area (Å²) in [6.45, 7) is 3.53. The lowest BCUT2D eigenvalue weighted by Crippen LogP contribution is -2.46. The molecular weight excluding hydrogens is 362 g/mol. The van der Waals surface area contributed by atoms with Crippen molar-refractivity contribution >= 4 is 5.69 Å². The van der Waals surface area contributed by atoms with E-state index in [0.29, 0.717) is 36.8 Å². The number of benzene rings is 2. The third-order valence-corrected chi connectivity index (χ3v) is 4.82. The van der Waals surface area contributed by atoms with Crippen LogP contribution in [0, 0.1) is 23.0 Å². The van der Waals surface area contributed by atoms with Gasteiger partial charge in [-0.15, -0.1) is 0 Å². The van der Waals surface area contributed by atoms with Crippen LogP contribution in [0.5, 0.6) is 0 Å². The summed E-state index contributed by atoms with van der Waals surface area (Å²) in [5, 5.41) is 8.86. The molecule has 2 heterocycles. The molecule has 1 aliphatic rings. The number of hydrogen-bond acceptors (Lipinski definition) is 5. The smallest absolute Gasteiger partial charge is 0.226 e. The molecule has 0 radical (unpaired) electrons. The Hall–Kier alpha value is -3.24. The summed E-state index contributed by atoms with van der Waals surface area (Å²) in [7, 11) is 0. The number of hydrogen-bond donors (Lipinski definition) is 0. The fourth-order valence-corrected chi connectivity index (χ4v) is 3.31. The molecule has 3 aromatic rings. The Balaban J connectivity index is 1.36. The van der Waals surface area contributed by atoms with Crippen LogP contribution in [0.1, 0.15) is 11.3 Å². The van der Waals surface area contributed by atoms with Crippen molar-refractivity contribution in [2.24, 2.45) is 0 Å². The molecule has 0 atom stereocenters. The minimum absolute atomic E-state index is 0.299. The number of anilines is 1. The topological polar surface area (TPSA) is 56.3 Å². The van der Waals surface area contributed by atoms with E-state index in [9.17, 15) is 8.78 Å². The molecule has 0 bridgehead atoms. The van der Waals surface area contributed by atoms with Crippen molar-refractivity contribution in [3.05, 3.63) is 71.6 Å². The Labute approximate surface area is 161 Å². The zero-order valence-corrected chi connectivity index (χ0v) is 15.1. The highest BCUT2D eigenvalue weighted by Crippen LogP contribution is 2.23. The molecule has 2 aromatic carbocycles. The van der Waals surface area contributed by atoms with Crippen LogP contribution >= 0.6 is 0 Å². The SMILES string of the molecule is N#Cc1ccc(N2CCN(Cc3coc(-c4ccc(F)cc4)n3)CC2)c(F)c1. The standard InChI is InChI=1S/C21H18F2N4O/c22-17-4-2-16(3-5-17)21-25-18(14-28-21)13-26-7-9-27(10-8-26)20-6-1-15(12-24)11-19(20)23/h1-6,11,14H,7-10,13H2. The minimum Gasteiger partial charge on any atom is -0.444 e. The summed E-state index contributed by atoms with van der Waals surface area (Å²) in [6.07, 6.45) is 1.62. The van der Waals surface area contributed by atoms with Crippen molar-refractivity contribution in [3.63, 3.8) is 0 Å². The highest BCUT2D eigenvalue weighted by Gasteiger charge is 2.21. The van der Waals surface area contributed by atoms with E-state index in [0.717, 1.165) is 24.3 Å². The number of nitriles is 1. The second kappa shape index (κ2) is 7.79. The van der Waals surface area contributed by atoms with E-state index in [1.54, 1.807) is 30.5 Å². The van der Waals surface area contributed by atoms with Gasteiger partial charge in [0.25, 0.3) is 0 Å². The molecule has 1 fully saturated rings. The Morgan fingerprint density at radius 1 is 1.04 bits per heavy atom. The van der Waals surface area contributed by atoms with E-state index in [1.807, 2.05) is 11.0 Å². The fourth-order valence-electron chi connectivity index (χ4n) is 3.31. The van der Waals surface area contributed by atoms with Crippen LogP contribution in [0.2, 0.25) is 0 Å². The van der Waals surface area contributed by atoms with Gasteiger partial charge in [0, 0.05) is 38.3 Å². The molecule has 0 spiro atoms. The van der Waals surface area contributed by atoms with Crippen LogP contribution in [0.3, 0.4) is 0 Å². The van der Waals surface area contributed by atoms with Gasteiger partial charge in [0.2, 0.25) is 5.89 Å². The van der Waals surface area contributed by atoms with Crippen molar-refractivity contribution in [2.45, 2.75) is 6.54 Å². The van der Waals surface area contributed by atoms with E-state index in [4.69, 9.17) is 9.68 Å². The number of rotatable bonds is 4. The highest BCUT2D eigenvalue weighted by molar-refractivity contribution is 5.53.